The van der Waals surface area contributed by atoms with Crippen LogP contribution in [0.2, 0.25) is 0 Å². The molecule has 0 saturated carbocycles. The summed E-state index contributed by atoms with van der Waals surface area (Å²) in [7, 11) is 6.67. The molecule has 0 aromatic heterocycles. The van der Waals surface area contributed by atoms with Gasteiger partial charge in [0.05, 0.1) is 45.4 Å². The average Bonchev–Trinajstić information content (AvgIpc) is 3.32. The molecule has 0 N–H and O–H groups in total. The Kier molecular flexibility index (Phi) is 7.37. The number of thioether (sulfide) groups is 1. The van der Waals surface area contributed by atoms with Crippen LogP contribution in [0.25, 0.3) is 0 Å². The van der Waals surface area contributed by atoms with Crippen molar-refractivity contribution < 1.29 is 28.5 Å². The average molecular weight is 522 g/mol. The topological polar surface area (TPSA) is 66.5 Å². The van der Waals surface area contributed by atoms with Crippen molar-refractivity contribution in [1.29, 1.82) is 0 Å². The number of amides is 1. The van der Waals surface area contributed by atoms with Crippen LogP contribution in [-0.2, 0) is 23.3 Å². The van der Waals surface area contributed by atoms with E-state index < -0.39 is 0 Å². The zero-order chi connectivity index (χ0) is 25.9. The summed E-state index contributed by atoms with van der Waals surface area (Å²) in [6.07, 6.45) is 1.03. The lowest BCUT2D eigenvalue weighted by Gasteiger charge is -2.39. The summed E-state index contributed by atoms with van der Waals surface area (Å²) in [6, 6.07) is 17.7. The van der Waals surface area contributed by atoms with Crippen molar-refractivity contribution in [3.63, 3.8) is 0 Å². The number of ether oxygens (including phenoxy) is 5. The number of hydrogen-bond donors (Lipinski definition) is 0. The van der Waals surface area contributed by atoms with Gasteiger partial charge in [-0.3, -0.25) is 4.90 Å². The third-order valence-electron chi connectivity index (χ3n) is 7.03. The van der Waals surface area contributed by atoms with E-state index in [4.69, 9.17) is 23.7 Å². The predicted octanol–water partition coefficient (Wildman–Crippen LogP) is 5.67. The second-order valence-corrected chi connectivity index (χ2v) is 10.0. The molecule has 0 spiro atoms. The van der Waals surface area contributed by atoms with E-state index >= 15 is 0 Å². The van der Waals surface area contributed by atoms with Gasteiger partial charge in [0.1, 0.15) is 29.6 Å². The van der Waals surface area contributed by atoms with Gasteiger partial charge in [0.2, 0.25) is 0 Å². The summed E-state index contributed by atoms with van der Waals surface area (Å²) >= 11 is 1.74. The van der Waals surface area contributed by atoms with Gasteiger partial charge in [-0.05, 0) is 53.8 Å². The van der Waals surface area contributed by atoms with Gasteiger partial charge in [-0.25, -0.2) is 4.79 Å². The highest BCUT2D eigenvalue weighted by Gasteiger charge is 2.45. The second kappa shape index (κ2) is 10.8. The highest BCUT2D eigenvalue weighted by molar-refractivity contribution is 7.98. The van der Waals surface area contributed by atoms with Crippen molar-refractivity contribution in [3.8, 4) is 23.0 Å². The first kappa shape index (κ1) is 25.1. The summed E-state index contributed by atoms with van der Waals surface area (Å²) in [5, 5.41) is 0. The van der Waals surface area contributed by atoms with Gasteiger partial charge >= 0.3 is 6.09 Å². The number of rotatable bonds is 9. The Hall–Kier alpha value is -3.52. The van der Waals surface area contributed by atoms with Crippen LogP contribution in [0, 0.1) is 0 Å². The molecule has 2 atom stereocenters. The van der Waals surface area contributed by atoms with E-state index in [0.29, 0.717) is 19.4 Å². The van der Waals surface area contributed by atoms with E-state index in [1.54, 1.807) is 40.2 Å². The number of hydrogen-bond acceptors (Lipinski definition) is 7. The lowest BCUT2D eigenvalue weighted by molar-refractivity contribution is 0.139. The number of nitrogens with zero attached hydrogens (tertiary/aromatic N) is 1. The van der Waals surface area contributed by atoms with Crippen LogP contribution in [0.15, 0.2) is 59.5 Å². The molecule has 2 unspecified atom stereocenters. The number of methoxy groups -OCH3 is 4. The molecule has 3 aromatic rings. The molecule has 2 aliphatic rings. The van der Waals surface area contributed by atoms with E-state index in [0.717, 1.165) is 50.3 Å². The minimum atomic E-state index is -0.278. The highest BCUT2D eigenvalue weighted by atomic mass is 32.2. The molecule has 7 nitrogen and oxygen atoms in total. The zero-order valence-corrected chi connectivity index (χ0v) is 22.3. The molecule has 2 heterocycles. The van der Waals surface area contributed by atoms with Gasteiger partial charge in [0.25, 0.3) is 0 Å². The molecule has 1 fully saturated rings. The first-order valence-electron chi connectivity index (χ1n) is 12.2. The number of cyclic esters (lactones) is 1. The summed E-state index contributed by atoms with van der Waals surface area (Å²) in [5.74, 6) is 3.89. The van der Waals surface area contributed by atoms with Gasteiger partial charge in [0.15, 0.2) is 0 Å². The summed E-state index contributed by atoms with van der Waals surface area (Å²) in [4.78, 5) is 15.9. The SMILES string of the molecule is COc1ccc(CSc2c(OC)cc(OC)c3c2CC2COC(=O)N2C3Cc2ccc(OC)cc2)cc1. The van der Waals surface area contributed by atoms with Crippen LogP contribution in [-0.4, -0.2) is 52.1 Å². The zero-order valence-electron chi connectivity index (χ0n) is 21.5. The lowest BCUT2D eigenvalue weighted by atomic mass is 9.85. The maximum Gasteiger partial charge on any atom is 0.410 e. The summed E-state index contributed by atoms with van der Waals surface area (Å²) in [5.41, 5.74) is 4.46. The largest absolute Gasteiger partial charge is 0.497 e. The molecule has 194 valence electrons. The van der Waals surface area contributed by atoms with Crippen LogP contribution < -0.4 is 18.9 Å². The minimum Gasteiger partial charge on any atom is -0.497 e. The fourth-order valence-electron chi connectivity index (χ4n) is 5.18. The van der Waals surface area contributed by atoms with E-state index in [1.165, 1.54) is 5.56 Å². The maximum atomic E-state index is 12.9. The molecular weight excluding hydrogens is 490 g/mol. The van der Waals surface area contributed by atoms with E-state index in [1.807, 2.05) is 47.4 Å². The minimum absolute atomic E-state index is 0.0413. The van der Waals surface area contributed by atoms with Gasteiger partial charge in [-0.2, -0.15) is 0 Å². The van der Waals surface area contributed by atoms with Crippen LogP contribution >= 0.6 is 11.8 Å². The van der Waals surface area contributed by atoms with Crippen molar-refractivity contribution >= 4 is 17.9 Å². The monoisotopic (exact) mass is 521 g/mol. The van der Waals surface area contributed by atoms with Gasteiger partial charge in [-0.1, -0.05) is 24.3 Å². The van der Waals surface area contributed by atoms with Crippen molar-refractivity contribution in [3.05, 3.63) is 76.9 Å². The molecule has 3 aromatic carbocycles. The lowest BCUT2D eigenvalue weighted by Crippen LogP contribution is -2.43. The Morgan fingerprint density at radius 1 is 0.865 bits per heavy atom. The third kappa shape index (κ3) is 4.90. The molecule has 37 heavy (non-hydrogen) atoms. The van der Waals surface area contributed by atoms with Crippen LogP contribution in [0.3, 0.4) is 0 Å². The van der Waals surface area contributed by atoms with E-state index in [-0.39, 0.29) is 18.2 Å². The smallest absolute Gasteiger partial charge is 0.410 e. The molecule has 0 bridgehead atoms. The molecule has 0 radical (unpaired) electrons. The molecule has 5 rings (SSSR count). The third-order valence-corrected chi connectivity index (χ3v) is 8.25. The second-order valence-electron chi connectivity index (χ2n) is 9.05. The van der Waals surface area contributed by atoms with Crippen molar-refractivity contribution in [2.45, 2.75) is 35.6 Å². The normalized spacial score (nSPS) is 18.1. The van der Waals surface area contributed by atoms with E-state index in [9.17, 15) is 4.79 Å². The number of benzene rings is 3. The van der Waals surface area contributed by atoms with Crippen LogP contribution in [0.1, 0.15) is 28.3 Å². The summed E-state index contributed by atoms with van der Waals surface area (Å²) < 4.78 is 27.9. The Labute approximate surface area is 221 Å². The van der Waals surface area contributed by atoms with Gasteiger partial charge in [0, 0.05) is 17.4 Å². The Morgan fingerprint density at radius 3 is 2.08 bits per heavy atom. The molecule has 2 aliphatic heterocycles. The fourth-order valence-corrected chi connectivity index (χ4v) is 6.33. The van der Waals surface area contributed by atoms with Crippen LogP contribution in [0.4, 0.5) is 4.79 Å². The van der Waals surface area contributed by atoms with Gasteiger partial charge < -0.3 is 23.7 Å². The number of carbonyl (C=O) groups excluding carboxylic acids is 1. The van der Waals surface area contributed by atoms with Crippen molar-refractivity contribution in [2.75, 3.05) is 35.0 Å². The summed E-state index contributed by atoms with van der Waals surface area (Å²) in [6.45, 7) is 0.375. The molecular formula is C29H31NO6S. The number of fused-ring (bicyclic) bond motifs is 2. The molecule has 0 aliphatic carbocycles. The predicted molar refractivity (Wildman–Crippen MR) is 142 cm³/mol. The quantitative estimate of drug-likeness (QED) is 0.336. The Balaban J connectivity index is 1.56. The van der Waals surface area contributed by atoms with Crippen molar-refractivity contribution in [2.24, 2.45) is 0 Å². The van der Waals surface area contributed by atoms with Crippen LogP contribution in [0.5, 0.6) is 23.0 Å². The standard InChI is InChI=1S/C29H31NO6S/c1-32-21-9-5-18(6-10-21)13-24-27-23(14-20-16-36-29(31)30(20)24)28(26(35-4)15-25(27)34-3)37-17-19-7-11-22(33-2)12-8-19/h5-12,15,20,24H,13-14,16-17H2,1-4H3. The first-order chi connectivity index (χ1) is 18.1. The van der Waals surface area contributed by atoms with Gasteiger partial charge in [-0.15, -0.1) is 11.8 Å². The fraction of sp³-hybridized carbons (Fsp3) is 0.345. The molecule has 8 heteroatoms. The first-order valence-corrected chi connectivity index (χ1v) is 13.2. The Bertz CT molecular complexity index is 1260. The Morgan fingerprint density at radius 2 is 1.49 bits per heavy atom. The van der Waals surface area contributed by atoms with E-state index in [2.05, 4.69) is 12.1 Å². The maximum absolute atomic E-state index is 12.9. The van der Waals surface area contributed by atoms with Crippen molar-refractivity contribution in [1.82, 2.24) is 4.90 Å². The molecule has 1 amide bonds. The molecule has 1 saturated heterocycles. The highest BCUT2D eigenvalue weighted by Crippen LogP contribution is 2.50. The number of carbonyl (C=O) groups is 1.